The fraction of sp³-hybridized carbons (Fsp3) is 0.111. The molecule has 0 amide bonds. The fourth-order valence-electron chi connectivity index (χ4n) is 0.768. The molecule has 0 saturated heterocycles. The molecule has 52 valence electrons. The van der Waals surface area contributed by atoms with Gasteiger partial charge in [0.15, 0.2) is 0 Å². The summed E-state index contributed by atoms with van der Waals surface area (Å²) in [6.07, 6.45) is 1.67. The average molecular weight is 133 g/mol. The predicted octanol–water partition coefficient (Wildman–Crippen LogP) is 2.55. The third-order valence-corrected chi connectivity index (χ3v) is 1.32. The maximum absolute atomic E-state index is 3.57. The van der Waals surface area contributed by atoms with Gasteiger partial charge in [0.2, 0.25) is 0 Å². The Morgan fingerprint density at radius 3 is 2.40 bits per heavy atom. The van der Waals surface area contributed by atoms with Crippen LogP contribution >= 0.6 is 0 Å². The summed E-state index contributed by atoms with van der Waals surface area (Å²) in [6.45, 7) is 5.63. The number of nitrogens with one attached hydrogen (secondary N) is 1. The second kappa shape index (κ2) is 3.06. The van der Waals surface area contributed by atoms with Crippen LogP contribution in [0.3, 0.4) is 0 Å². The summed E-state index contributed by atoms with van der Waals surface area (Å²) in [5.74, 6) is 0. The molecule has 0 heterocycles. The maximum Gasteiger partial charge on any atom is 0.0379 e. The van der Waals surface area contributed by atoms with Crippen LogP contribution in [-0.4, -0.2) is 0 Å². The van der Waals surface area contributed by atoms with Crippen molar-refractivity contribution in [2.24, 2.45) is 0 Å². The van der Waals surface area contributed by atoms with E-state index in [9.17, 15) is 0 Å². The van der Waals surface area contributed by atoms with E-state index in [-0.39, 0.29) is 0 Å². The Balaban J connectivity index is 2.78. The van der Waals surface area contributed by atoms with Gasteiger partial charge in [0.05, 0.1) is 0 Å². The highest BCUT2D eigenvalue weighted by Gasteiger charge is 1.84. The van der Waals surface area contributed by atoms with Crippen molar-refractivity contribution in [2.75, 3.05) is 5.32 Å². The highest BCUT2D eigenvalue weighted by Crippen LogP contribution is 2.07. The minimum Gasteiger partial charge on any atom is -0.362 e. The Labute approximate surface area is 61.4 Å². The van der Waals surface area contributed by atoms with Gasteiger partial charge in [-0.15, -0.1) is 0 Å². The van der Waals surface area contributed by atoms with Gasteiger partial charge in [-0.25, -0.2) is 0 Å². The highest BCUT2D eigenvalue weighted by atomic mass is 14.8. The largest absolute Gasteiger partial charge is 0.362 e. The molecule has 0 saturated carbocycles. The smallest absolute Gasteiger partial charge is 0.0379 e. The summed E-state index contributed by atoms with van der Waals surface area (Å²) in [5.41, 5.74) is 2.36. The SMILES string of the molecule is C=CNc1ccc(C)cc1. The standard InChI is InChI=1S/C9H11N/c1-3-10-9-6-4-8(2)5-7-9/h3-7,10H,1H2,2H3. The van der Waals surface area contributed by atoms with Crippen LogP contribution in [0.5, 0.6) is 0 Å². The molecule has 1 aromatic rings. The van der Waals surface area contributed by atoms with E-state index in [0.717, 1.165) is 5.69 Å². The molecule has 0 aliphatic carbocycles. The number of hydrogen-bond acceptors (Lipinski definition) is 1. The van der Waals surface area contributed by atoms with E-state index in [0.29, 0.717) is 0 Å². The van der Waals surface area contributed by atoms with E-state index >= 15 is 0 Å². The van der Waals surface area contributed by atoms with Crippen LogP contribution < -0.4 is 5.32 Å². The number of aryl methyl sites for hydroxylation is 1. The fourth-order valence-corrected chi connectivity index (χ4v) is 0.768. The second-order valence-electron chi connectivity index (χ2n) is 2.21. The molecule has 0 spiro atoms. The van der Waals surface area contributed by atoms with Crippen LogP contribution in [0.25, 0.3) is 0 Å². The normalized spacial score (nSPS) is 8.90. The molecule has 0 unspecified atom stereocenters. The first-order valence-corrected chi connectivity index (χ1v) is 3.27. The van der Waals surface area contributed by atoms with Gasteiger partial charge in [-0.3, -0.25) is 0 Å². The summed E-state index contributed by atoms with van der Waals surface area (Å²) in [6, 6.07) is 8.17. The predicted molar refractivity (Wildman–Crippen MR) is 45.0 cm³/mol. The van der Waals surface area contributed by atoms with Crippen molar-refractivity contribution in [3.05, 3.63) is 42.6 Å². The lowest BCUT2D eigenvalue weighted by molar-refractivity contribution is 1.46. The summed E-state index contributed by atoms with van der Waals surface area (Å²) in [5, 5.41) is 3.00. The van der Waals surface area contributed by atoms with Gasteiger partial charge in [0, 0.05) is 5.69 Å². The first-order chi connectivity index (χ1) is 4.83. The van der Waals surface area contributed by atoms with Crippen LogP contribution in [0.15, 0.2) is 37.0 Å². The molecule has 1 rings (SSSR count). The van der Waals surface area contributed by atoms with Crippen molar-refractivity contribution >= 4 is 5.69 Å². The second-order valence-corrected chi connectivity index (χ2v) is 2.21. The molecule has 0 fully saturated rings. The van der Waals surface area contributed by atoms with Crippen molar-refractivity contribution in [3.63, 3.8) is 0 Å². The molecule has 0 aliphatic heterocycles. The van der Waals surface area contributed by atoms with Gasteiger partial charge >= 0.3 is 0 Å². The molecule has 1 nitrogen and oxygen atoms in total. The molecule has 0 bridgehead atoms. The summed E-state index contributed by atoms with van der Waals surface area (Å²) in [7, 11) is 0. The Morgan fingerprint density at radius 1 is 1.30 bits per heavy atom. The van der Waals surface area contributed by atoms with Gasteiger partial charge in [0.25, 0.3) is 0 Å². The van der Waals surface area contributed by atoms with Crippen LogP contribution in [0.1, 0.15) is 5.56 Å². The molecular weight excluding hydrogens is 122 g/mol. The summed E-state index contributed by atoms with van der Waals surface area (Å²) < 4.78 is 0. The van der Waals surface area contributed by atoms with E-state index in [4.69, 9.17) is 0 Å². The Kier molecular flexibility index (Phi) is 2.11. The number of anilines is 1. The van der Waals surface area contributed by atoms with E-state index in [1.165, 1.54) is 5.56 Å². The zero-order valence-corrected chi connectivity index (χ0v) is 6.09. The molecule has 10 heavy (non-hydrogen) atoms. The van der Waals surface area contributed by atoms with Crippen molar-refractivity contribution in [1.29, 1.82) is 0 Å². The average Bonchev–Trinajstić information content (AvgIpc) is 1.95. The van der Waals surface area contributed by atoms with Crippen LogP contribution in [0, 0.1) is 6.92 Å². The molecule has 0 aromatic heterocycles. The minimum absolute atomic E-state index is 1.08. The van der Waals surface area contributed by atoms with E-state index in [2.05, 4.69) is 31.0 Å². The molecule has 0 atom stereocenters. The first kappa shape index (κ1) is 6.87. The Hall–Kier alpha value is -1.24. The minimum atomic E-state index is 1.08. The quantitative estimate of drug-likeness (QED) is 0.653. The van der Waals surface area contributed by atoms with Crippen molar-refractivity contribution in [1.82, 2.24) is 0 Å². The molecular formula is C9H11N. The van der Waals surface area contributed by atoms with Crippen LogP contribution in [0.4, 0.5) is 5.69 Å². The lowest BCUT2D eigenvalue weighted by Crippen LogP contribution is -1.84. The van der Waals surface area contributed by atoms with Gasteiger partial charge < -0.3 is 5.32 Å². The topological polar surface area (TPSA) is 12.0 Å². The van der Waals surface area contributed by atoms with Crippen LogP contribution in [0.2, 0.25) is 0 Å². The molecule has 0 radical (unpaired) electrons. The monoisotopic (exact) mass is 133 g/mol. The maximum atomic E-state index is 3.57. The van der Waals surface area contributed by atoms with Crippen molar-refractivity contribution in [2.45, 2.75) is 6.92 Å². The van der Waals surface area contributed by atoms with E-state index in [1.54, 1.807) is 6.20 Å². The molecule has 1 N–H and O–H groups in total. The van der Waals surface area contributed by atoms with Gasteiger partial charge in [-0.05, 0) is 25.3 Å². The summed E-state index contributed by atoms with van der Waals surface area (Å²) >= 11 is 0. The number of rotatable bonds is 2. The molecule has 1 aromatic carbocycles. The highest BCUT2D eigenvalue weighted by molar-refractivity contribution is 5.46. The number of benzene rings is 1. The lowest BCUT2D eigenvalue weighted by atomic mass is 10.2. The Bertz CT molecular complexity index is 211. The lowest BCUT2D eigenvalue weighted by Gasteiger charge is -1.98. The van der Waals surface area contributed by atoms with Crippen LogP contribution in [-0.2, 0) is 0 Å². The molecule has 0 aliphatic rings. The van der Waals surface area contributed by atoms with Gasteiger partial charge in [-0.1, -0.05) is 24.3 Å². The van der Waals surface area contributed by atoms with Crippen molar-refractivity contribution in [3.8, 4) is 0 Å². The third kappa shape index (κ3) is 1.62. The first-order valence-electron chi connectivity index (χ1n) is 3.27. The number of hydrogen-bond donors (Lipinski definition) is 1. The zero-order chi connectivity index (χ0) is 7.40. The van der Waals surface area contributed by atoms with E-state index in [1.807, 2.05) is 12.1 Å². The third-order valence-electron chi connectivity index (χ3n) is 1.32. The summed E-state index contributed by atoms with van der Waals surface area (Å²) in [4.78, 5) is 0. The van der Waals surface area contributed by atoms with Gasteiger partial charge in [0.1, 0.15) is 0 Å². The van der Waals surface area contributed by atoms with E-state index < -0.39 is 0 Å². The zero-order valence-electron chi connectivity index (χ0n) is 6.09. The molecule has 1 heteroatoms. The van der Waals surface area contributed by atoms with Gasteiger partial charge in [-0.2, -0.15) is 0 Å². The Morgan fingerprint density at radius 2 is 1.90 bits per heavy atom. The van der Waals surface area contributed by atoms with Crippen molar-refractivity contribution < 1.29 is 0 Å².